The van der Waals surface area contributed by atoms with E-state index in [1.807, 2.05) is 54.7 Å². The quantitative estimate of drug-likeness (QED) is 0.462. The van der Waals surface area contributed by atoms with E-state index in [1.54, 1.807) is 16.1 Å². The highest BCUT2D eigenvalue weighted by molar-refractivity contribution is 6.00. The number of hydrogen-bond donors (Lipinski definition) is 1. The van der Waals surface area contributed by atoms with Gasteiger partial charge in [0.25, 0.3) is 0 Å². The van der Waals surface area contributed by atoms with Crippen LogP contribution in [0.25, 0.3) is 5.69 Å². The van der Waals surface area contributed by atoms with E-state index >= 15 is 0 Å². The Morgan fingerprint density at radius 2 is 1.79 bits per heavy atom. The van der Waals surface area contributed by atoms with Crippen molar-refractivity contribution in [2.45, 2.75) is 45.6 Å². The van der Waals surface area contributed by atoms with Gasteiger partial charge in [-0.05, 0) is 49.2 Å². The maximum Gasteiger partial charge on any atom is 0.317 e. The van der Waals surface area contributed by atoms with Crippen LogP contribution in [0, 0.1) is 0 Å². The molecule has 7 heteroatoms. The average molecular weight is 449 g/mol. The number of unbranched alkanes of at least 4 members (excludes halogenated alkanes) is 2. The van der Waals surface area contributed by atoms with Crippen LogP contribution in [0.4, 0.5) is 10.5 Å². The molecule has 0 fully saturated rings. The summed E-state index contributed by atoms with van der Waals surface area (Å²) in [7, 11) is 0. The molecule has 4 rings (SSSR count). The molecule has 33 heavy (non-hydrogen) atoms. The molecule has 1 aliphatic heterocycles. The third-order valence-electron chi connectivity index (χ3n) is 6.00. The third-order valence-corrected chi connectivity index (χ3v) is 6.00. The van der Waals surface area contributed by atoms with Crippen molar-refractivity contribution < 1.29 is 14.0 Å². The fourth-order valence-electron chi connectivity index (χ4n) is 4.30. The number of urea groups is 1. The van der Waals surface area contributed by atoms with E-state index in [0.717, 1.165) is 42.8 Å². The Morgan fingerprint density at radius 3 is 2.52 bits per heavy atom. The molecule has 7 nitrogen and oxygen atoms in total. The summed E-state index contributed by atoms with van der Waals surface area (Å²) in [5, 5.41) is 2.96. The third kappa shape index (κ3) is 4.67. The number of aromatic nitrogens is 1. The van der Waals surface area contributed by atoms with E-state index in [9.17, 15) is 9.59 Å². The molecule has 1 unspecified atom stereocenters. The number of carbonyl (C=O) groups excluding carboxylic acids is 2. The second-order valence-electron chi connectivity index (χ2n) is 8.33. The summed E-state index contributed by atoms with van der Waals surface area (Å²) < 4.78 is 7.87. The molecule has 1 aromatic carbocycles. The first-order valence-corrected chi connectivity index (χ1v) is 11.8. The van der Waals surface area contributed by atoms with Crippen LogP contribution in [-0.2, 0) is 4.79 Å². The molecule has 0 saturated carbocycles. The number of anilines is 1. The van der Waals surface area contributed by atoms with Gasteiger partial charge < -0.3 is 19.2 Å². The molecular weight excluding hydrogens is 416 g/mol. The van der Waals surface area contributed by atoms with Crippen molar-refractivity contribution in [3.05, 3.63) is 72.4 Å². The van der Waals surface area contributed by atoms with Crippen molar-refractivity contribution in [1.29, 1.82) is 0 Å². The van der Waals surface area contributed by atoms with Gasteiger partial charge in [-0.1, -0.05) is 38.8 Å². The Labute approximate surface area is 195 Å². The predicted octanol–water partition coefficient (Wildman–Crippen LogP) is 5.12. The number of rotatable bonds is 9. The Bertz CT molecular complexity index is 1070. The first kappa shape index (κ1) is 22.7. The lowest BCUT2D eigenvalue weighted by Gasteiger charge is -2.38. The van der Waals surface area contributed by atoms with Crippen molar-refractivity contribution in [3.63, 3.8) is 0 Å². The molecule has 2 aromatic heterocycles. The summed E-state index contributed by atoms with van der Waals surface area (Å²) in [6.07, 6.45) is 7.33. The van der Waals surface area contributed by atoms with Gasteiger partial charge in [-0.2, -0.15) is 0 Å². The van der Waals surface area contributed by atoms with Gasteiger partial charge in [0.05, 0.1) is 23.3 Å². The Balaban J connectivity index is 1.67. The van der Waals surface area contributed by atoms with E-state index in [2.05, 4.69) is 23.7 Å². The van der Waals surface area contributed by atoms with Crippen LogP contribution in [-0.4, -0.2) is 41.0 Å². The molecule has 3 heterocycles. The Hall–Kier alpha value is -3.48. The summed E-state index contributed by atoms with van der Waals surface area (Å²) in [6.45, 7) is 5.32. The van der Waals surface area contributed by atoms with Gasteiger partial charge >= 0.3 is 6.03 Å². The van der Waals surface area contributed by atoms with Gasteiger partial charge in [-0.3, -0.25) is 9.69 Å². The minimum Gasteiger partial charge on any atom is -0.467 e. The molecule has 0 aliphatic carbocycles. The fourth-order valence-corrected chi connectivity index (χ4v) is 4.30. The SMILES string of the molecule is CCCCNC(=O)N(CCCC)CC(=O)N1c2ccccc2-n2cccc2C1c1ccco1. The first-order chi connectivity index (χ1) is 16.2. The second kappa shape index (κ2) is 10.4. The van der Waals surface area contributed by atoms with E-state index < -0.39 is 6.04 Å². The number of nitrogens with one attached hydrogen (secondary N) is 1. The molecule has 0 saturated heterocycles. The number of fused-ring (bicyclic) bond motifs is 3. The number of nitrogens with zero attached hydrogens (tertiary/aromatic N) is 3. The zero-order chi connectivity index (χ0) is 23.2. The molecule has 3 amide bonds. The van der Waals surface area contributed by atoms with E-state index in [1.165, 1.54) is 0 Å². The maximum absolute atomic E-state index is 13.9. The van der Waals surface area contributed by atoms with Gasteiger partial charge in [-0.25, -0.2) is 4.79 Å². The number of para-hydroxylation sites is 2. The maximum atomic E-state index is 13.9. The smallest absolute Gasteiger partial charge is 0.317 e. The van der Waals surface area contributed by atoms with Crippen molar-refractivity contribution >= 4 is 17.6 Å². The summed E-state index contributed by atoms with van der Waals surface area (Å²) in [5.41, 5.74) is 2.68. The molecule has 1 atom stereocenters. The minimum absolute atomic E-state index is 0.00418. The van der Waals surface area contributed by atoms with Crippen molar-refractivity contribution in [1.82, 2.24) is 14.8 Å². The summed E-state index contributed by atoms with van der Waals surface area (Å²) in [6, 6.07) is 15.0. The number of benzene rings is 1. The second-order valence-corrected chi connectivity index (χ2v) is 8.33. The van der Waals surface area contributed by atoms with Crippen LogP contribution in [0.5, 0.6) is 0 Å². The van der Waals surface area contributed by atoms with Gasteiger partial charge in [0, 0.05) is 19.3 Å². The summed E-state index contributed by atoms with van der Waals surface area (Å²) >= 11 is 0. The Morgan fingerprint density at radius 1 is 1.00 bits per heavy atom. The van der Waals surface area contributed by atoms with Crippen LogP contribution in [0.1, 0.15) is 57.0 Å². The highest BCUT2D eigenvalue weighted by Crippen LogP contribution is 2.42. The average Bonchev–Trinajstić information content (AvgIpc) is 3.53. The molecule has 1 N–H and O–H groups in total. The molecule has 3 aromatic rings. The molecule has 1 aliphatic rings. The first-order valence-electron chi connectivity index (χ1n) is 11.8. The standard InChI is InChI=1S/C26H32N4O3/c1-3-5-15-27-26(32)28(16-6-4-2)19-24(31)30-21-12-8-7-11-20(21)29-17-9-13-22(29)25(30)23-14-10-18-33-23/h7-14,17-18,25H,3-6,15-16,19H2,1-2H3,(H,27,32). The van der Waals surface area contributed by atoms with E-state index in [0.29, 0.717) is 18.8 Å². The van der Waals surface area contributed by atoms with E-state index in [4.69, 9.17) is 4.42 Å². The number of furan rings is 1. The lowest BCUT2D eigenvalue weighted by molar-refractivity contribution is -0.119. The molecule has 0 radical (unpaired) electrons. The minimum atomic E-state index is -0.409. The van der Waals surface area contributed by atoms with Gasteiger partial charge in [0.2, 0.25) is 5.91 Å². The molecule has 0 spiro atoms. The van der Waals surface area contributed by atoms with Crippen LogP contribution in [0.15, 0.2) is 65.4 Å². The zero-order valence-electron chi connectivity index (χ0n) is 19.4. The topological polar surface area (TPSA) is 70.7 Å². The van der Waals surface area contributed by atoms with Crippen molar-refractivity contribution in [3.8, 4) is 5.69 Å². The number of amides is 3. The van der Waals surface area contributed by atoms with Crippen LogP contribution >= 0.6 is 0 Å². The normalized spacial score (nSPS) is 14.5. The number of carbonyl (C=O) groups is 2. The van der Waals surface area contributed by atoms with Crippen LogP contribution in [0.3, 0.4) is 0 Å². The monoisotopic (exact) mass is 448 g/mol. The van der Waals surface area contributed by atoms with Crippen LogP contribution < -0.4 is 10.2 Å². The van der Waals surface area contributed by atoms with Gasteiger partial charge in [-0.15, -0.1) is 0 Å². The lowest BCUT2D eigenvalue weighted by atomic mass is 10.0. The largest absolute Gasteiger partial charge is 0.467 e. The summed E-state index contributed by atoms with van der Waals surface area (Å²) in [4.78, 5) is 30.2. The molecule has 0 bridgehead atoms. The highest BCUT2D eigenvalue weighted by atomic mass is 16.3. The Kier molecular flexibility index (Phi) is 7.17. The van der Waals surface area contributed by atoms with Gasteiger partial charge in [0.1, 0.15) is 18.3 Å². The predicted molar refractivity (Wildman–Crippen MR) is 129 cm³/mol. The van der Waals surface area contributed by atoms with Crippen molar-refractivity contribution in [2.24, 2.45) is 0 Å². The fraction of sp³-hybridized carbons (Fsp3) is 0.385. The van der Waals surface area contributed by atoms with E-state index in [-0.39, 0.29) is 18.5 Å². The van der Waals surface area contributed by atoms with Crippen molar-refractivity contribution in [2.75, 3.05) is 24.5 Å². The zero-order valence-corrected chi connectivity index (χ0v) is 19.4. The van der Waals surface area contributed by atoms with Gasteiger partial charge in [0.15, 0.2) is 0 Å². The summed E-state index contributed by atoms with van der Waals surface area (Å²) in [5.74, 6) is 0.545. The molecular formula is C26H32N4O3. The highest BCUT2D eigenvalue weighted by Gasteiger charge is 2.38. The number of hydrogen-bond acceptors (Lipinski definition) is 3. The van der Waals surface area contributed by atoms with Crippen LogP contribution in [0.2, 0.25) is 0 Å². The molecule has 174 valence electrons. The lowest BCUT2D eigenvalue weighted by Crippen LogP contribution is -2.49.